The minimum absolute atomic E-state index is 0.281. The number of nitrogens with zero attached hydrogens (tertiary/aromatic N) is 5. The molecule has 0 bridgehead atoms. The van der Waals surface area contributed by atoms with E-state index in [1.54, 1.807) is 0 Å². The van der Waals surface area contributed by atoms with E-state index in [1.807, 2.05) is 25.3 Å². The molecule has 9 heteroatoms. The summed E-state index contributed by atoms with van der Waals surface area (Å²) in [6.07, 6.45) is 1.86. The van der Waals surface area contributed by atoms with Crippen molar-refractivity contribution >= 4 is 38.6 Å². The monoisotopic (exact) mass is 447 g/mol. The number of ether oxygens (including phenoxy) is 1. The third-order valence-corrected chi connectivity index (χ3v) is 6.46. The lowest BCUT2D eigenvalue weighted by molar-refractivity contribution is 0.331. The Morgan fingerprint density at radius 1 is 1.09 bits per heavy atom. The van der Waals surface area contributed by atoms with Crippen molar-refractivity contribution < 1.29 is 4.74 Å². The number of aromatic nitrogens is 4. The molecule has 0 unspecified atom stereocenters. The molecule has 5 rings (SSSR count). The molecule has 0 spiro atoms. The molecule has 0 amide bonds. The largest absolute Gasteiger partial charge is 0.491 e. The summed E-state index contributed by atoms with van der Waals surface area (Å²) in [6.45, 7) is 8.24. The highest BCUT2D eigenvalue weighted by atomic mass is 32.1. The SMILES string of the molecule is Cc1nc(N)nc(N2CCOc3ccc(-c4cnc5sc(N)nc5c4)cc3C2)c1C(C)C. The summed E-state index contributed by atoms with van der Waals surface area (Å²) in [5.41, 5.74) is 17.8. The Hall–Kier alpha value is -3.46. The van der Waals surface area contributed by atoms with Crippen LogP contribution in [0.2, 0.25) is 0 Å². The van der Waals surface area contributed by atoms with E-state index in [2.05, 4.69) is 50.8 Å². The summed E-state index contributed by atoms with van der Waals surface area (Å²) in [5, 5.41) is 0.524. The third-order valence-electron chi connectivity index (χ3n) is 5.65. The Labute approximate surface area is 190 Å². The molecular formula is C23H25N7OS. The molecule has 4 heterocycles. The smallest absolute Gasteiger partial charge is 0.222 e. The highest BCUT2D eigenvalue weighted by molar-refractivity contribution is 7.21. The predicted molar refractivity (Wildman–Crippen MR) is 129 cm³/mol. The molecule has 164 valence electrons. The Balaban J connectivity index is 1.54. The lowest BCUT2D eigenvalue weighted by Crippen LogP contribution is -2.28. The summed E-state index contributed by atoms with van der Waals surface area (Å²) in [6, 6.07) is 8.26. The lowest BCUT2D eigenvalue weighted by Gasteiger charge is -2.26. The maximum Gasteiger partial charge on any atom is 0.222 e. The minimum Gasteiger partial charge on any atom is -0.491 e. The fourth-order valence-corrected chi connectivity index (χ4v) is 4.91. The molecule has 8 nitrogen and oxygen atoms in total. The Morgan fingerprint density at radius 3 is 2.75 bits per heavy atom. The van der Waals surface area contributed by atoms with Crippen molar-refractivity contribution in [2.24, 2.45) is 0 Å². The second-order valence-corrected chi connectivity index (χ2v) is 9.26. The average Bonchev–Trinajstić information content (AvgIpc) is 2.98. The van der Waals surface area contributed by atoms with Gasteiger partial charge in [0.15, 0.2) is 5.13 Å². The van der Waals surface area contributed by atoms with E-state index in [0.717, 1.165) is 49.9 Å². The topological polar surface area (TPSA) is 116 Å². The van der Waals surface area contributed by atoms with Gasteiger partial charge in [0.2, 0.25) is 5.95 Å². The van der Waals surface area contributed by atoms with Crippen LogP contribution in [0.3, 0.4) is 0 Å². The number of hydrogen-bond donors (Lipinski definition) is 2. The van der Waals surface area contributed by atoms with Crippen LogP contribution in [0.4, 0.5) is 16.9 Å². The second-order valence-electron chi connectivity index (χ2n) is 8.25. The Morgan fingerprint density at radius 2 is 1.94 bits per heavy atom. The number of anilines is 3. The fraction of sp³-hybridized carbons (Fsp3) is 0.304. The van der Waals surface area contributed by atoms with Gasteiger partial charge < -0.3 is 21.1 Å². The van der Waals surface area contributed by atoms with E-state index in [0.29, 0.717) is 30.8 Å². The van der Waals surface area contributed by atoms with Crippen LogP contribution >= 0.6 is 11.3 Å². The molecule has 1 aliphatic heterocycles. The van der Waals surface area contributed by atoms with E-state index in [4.69, 9.17) is 16.2 Å². The molecule has 0 saturated heterocycles. The number of fused-ring (bicyclic) bond motifs is 2. The van der Waals surface area contributed by atoms with Crippen molar-refractivity contribution in [3.05, 3.63) is 47.3 Å². The number of nitrogen functional groups attached to an aromatic ring is 2. The van der Waals surface area contributed by atoms with Crippen LogP contribution in [0.25, 0.3) is 21.5 Å². The molecule has 32 heavy (non-hydrogen) atoms. The number of aryl methyl sites for hydroxylation is 1. The molecule has 1 aliphatic rings. The van der Waals surface area contributed by atoms with Crippen LogP contribution in [-0.2, 0) is 6.54 Å². The van der Waals surface area contributed by atoms with Gasteiger partial charge >= 0.3 is 0 Å². The van der Waals surface area contributed by atoms with Crippen molar-refractivity contribution in [2.75, 3.05) is 29.5 Å². The van der Waals surface area contributed by atoms with Crippen LogP contribution < -0.4 is 21.1 Å². The molecule has 4 aromatic rings. The summed E-state index contributed by atoms with van der Waals surface area (Å²) in [4.78, 5) is 21.0. The van der Waals surface area contributed by atoms with Gasteiger partial charge in [0.05, 0.1) is 6.54 Å². The van der Waals surface area contributed by atoms with Crippen molar-refractivity contribution in [2.45, 2.75) is 33.2 Å². The molecule has 0 atom stereocenters. The zero-order valence-corrected chi connectivity index (χ0v) is 19.1. The van der Waals surface area contributed by atoms with Gasteiger partial charge in [0.1, 0.15) is 28.5 Å². The van der Waals surface area contributed by atoms with E-state index >= 15 is 0 Å². The van der Waals surface area contributed by atoms with Crippen LogP contribution in [0, 0.1) is 6.92 Å². The number of hydrogen-bond acceptors (Lipinski definition) is 9. The molecule has 0 radical (unpaired) electrons. The molecule has 4 N–H and O–H groups in total. The summed E-state index contributed by atoms with van der Waals surface area (Å²) >= 11 is 1.39. The summed E-state index contributed by atoms with van der Waals surface area (Å²) < 4.78 is 6.07. The maximum atomic E-state index is 6.07. The number of pyridine rings is 1. The standard InChI is InChI=1S/C23H25N7OS/c1-12(2)19-13(3)27-22(24)29-20(19)30-6-7-31-18-5-4-14(8-16(18)11-30)15-9-17-21(26-10-15)32-23(25)28-17/h4-5,8-10,12H,6-7,11H2,1-3H3,(H2,25,28)(H2,24,27,29). The molecule has 1 aromatic carbocycles. The summed E-state index contributed by atoms with van der Waals surface area (Å²) in [7, 11) is 0. The van der Waals surface area contributed by atoms with Crippen molar-refractivity contribution in [1.82, 2.24) is 19.9 Å². The van der Waals surface area contributed by atoms with E-state index in [9.17, 15) is 0 Å². The molecule has 0 fully saturated rings. The van der Waals surface area contributed by atoms with Gasteiger partial charge in [-0.3, -0.25) is 0 Å². The van der Waals surface area contributed by atoms with Crippen molar-refractivity contribution in [3.63, 3.8) is 0 Å². The maximum absolute atomic E-state index is 6.07. The quantitative estimate of drug-likeness (QED) is 0.481. The Kier molecular flexibility index (Phi) is 5.05. The third kappa shape index (κ3) is 3.69. The molecular weight excluding hydrogens is 422 g/mol. The van der Waals surface area contributed by atoms with Gasteiger partial charge in [0.25, 0.3) is 0 Å². The van der Waals surface area contributed by atoms with E-state index < -0.39 is 0 Å². The first-order valence-electron chi connectivity index (χ1n) is 10.6. The highest BCUT2D eigenvalue weighted by Gasteiger charge is 2.23. The normalized spacial score (nSPS) is 13.8. The number of thiazole rings is 1. The first-order chi connectivity index (χ1) is 15.4. The van der Waals surface area contributed by atoms with Crippen LogP contribution in [0.15, 0.2) is 30.5 Å². The van der Waals surface area contributed by atoms with Gasteiger partial charge in [0, 0.05) is 35.1 Å². The lowest BCUT2D eigenvalue weighted by atomic mass is 10.0. The van der Waals surface area contributed by atoms with Crippen molar-refractivity contribution in [1.29, 1.82) is 0 Å². The zero-order chi connectivity index (χ0) is 22.4. The first kappa shape index (κ1) is 20.4. The van der Waals surface area contributed by atoms with Crippen LogP contribution in [0.5, 0.6) is 5.75 Å². The first-order valence-corrected chi connectivity index (χ1v) is 11.4. The van der Waals surface area contributed by atoms with Gasteiger partial charge in [-0.1, -0.05) is 31.3 Å². The summed E-state index contributed by atoms with van der Waals surface area (Å²) in [5.74, 6) is 2.34. The average molecular weight is 448 g/mol. The molecule has 0 aliphatic carbocycles. The second kappa shape index (κ2) is 7.90. The number of rotatable bonds is 3. The fourth-order valence-electron chi connectivity index (χ4n) is 4.26. The van der Waals surface area contributed by atoms with Gasteiger partial charge in [-0.25, -0.2) is 15.0 Å². The molecule has 3 aromatic heterocycles. The van der Waals surface area contributed by atoms with Crippen LogP contribution in [0.1, 0.15) is 36.6 Å². The van der Waals surface area contributed by atoms with E-state index in [-0.39, 0.29) is 5.92 Å². The van der Waals surface area contributed by atoms with Gasteiger partial charge in [-0.2, -0.15) is 4.98 Å². The van der Waals surface area contributed by atoms with Crippen LogP contribution in [-0.4, -0.2) is 33.1 Å². The minimum atomic E-state index is 0.281. The molecule has 0 saturated carbocycles. The van der Waals surface area contributed by atoms with Gasteiger partial charge in [-0.05, 0) is 36.6 Å². The number of benzene rings is 1. The van der Waals surface area contributed by atoms with Gasteiger partial charge in [-0.15, -0.1) is 0 Å². The highest BCUT2D eigenvalue weighted by Crippen LogP contribution is 2.35. The van der Waals surface area contributed by atoms with E-state index in [1.165, 1.54) is 11.3 Å². The zero-order valence-electron chi connectivity index (χ0n) is 18.3. The van der Waals surface area contributed by atoms with Crippen molar-refractivity contribution in [3.8, 4) is 16.9 Å². The predicted octanol–water partition coefficient (Wildman–Crippen LogP) is 4.14. The Bertz CT molecular complexity index is 1320. The number of nitrogens with two attached hydrogens (primary N) is 2.